The van der Waals surface area contributed by atoms with Gasteiger partial charge in [-0.1, -0.05) is 27.7 Å². The molecule has 0 aromatic heterocycles. The Labute approximate surface area is 85.9 Å². The lowest BCUT2D eigenvalue weighted by atomic mass is 9.95. The first kappa shape index (κ1) is 12.8. The first-order valence-electron chi connectivity index (χ1n) is 4.65. The molecule has 1 unspecified atom stereocenters. The van der Waals surface area contributed by atoms with Gasteiger partial charge in [0.05, 0.1) is 0 Å². The average Bonchev–Trinajstić information content (AvgIpc) is 1.99. The molecule has 0 aliphatic carbocycles. The van der Waals surface area contributed by atoms with Crippen molar-refractivity contribution in [2.24, 2.45) is 11.3 Å². The lowest BCUT2D eigenvalue weighted by Crippen LogP contribution is -2.37. The highest BCUT2D eigenvalue weighted by Gasteiger charge is 2.20. The summed E-state index contributed by atoms with van der Waals surface area (Å²) < 4.78 is 0. The van der Waals surface area contributed by atoms with E-state index in [1.54, 1.807) is 0 Å². The predicted molar refractivity (Wildman–Crippen MR) is 60.0 cm³/mol. The smallest absolute Gasteiger partial charge is 0.225 e. The molecule has 78 valence electrons. The lowest BCUT2D eigenvalue weighted by Gasteiger charge is -2.19. The number of thioether (sulfide) groups is 1. The van der Waals surface area contributed by atoms with Crippen LogP contribution >= 0.6 is 11.8 Å². The van der Waals surface area contributed by atoms with Crippen molar-refractivity contribution in [3.8, 4) is 0 Å². The number of rotatable bonds is 4. The van der Waals surface area contributed by atoms with Crippen LogP contribution < -0.4 is 5.32 Å². The zero-order valence-electron chi connectivity index (χ0n) is 9.31. The van der Waals surface area contributed by atoms with Crippen molar-refractivity contribution < 1.29 is 4.79 Å². The molecule has 0 saturated carbocycles. The fraction of sp³-hybridized carbons (Fsp3) is 0.900. The minimum atomic E-state index is -0.265. The van der Waals surface area contributed by atoms with E-state index in [-0.39, 0.29) is 11.3 Å². The second kappa shape index (κ2) is 5.53. The van der Waals surface area contributed by atoms with Crippen LogP contribution in [-0.4, -0.2) is 24.5 Å². The maximum absolute atomic E-state index is 11.5. The van der Waals surface area contributed by atoms with E-state index in [0.29, 0.717) is 5.92 Å². The van der Waals surface area contributed by atoms with Gasteiger partial charge in [-0.15, -0.1) is 0 Å². The van der Waals surface area contributed by atoms with Crippen LogP contribution in [0.4, 0.5) is 0 Å². The van der Waals surface area contributed by atoms with E-state index in [0.717, 1.165) is 12.3 Å². The number of hydrogen-bond acceptors (Lipinski definition) is 2. The summed E-state index contributed by atoms with van der Waals surface area (Å²) in [5.74, 6) is 1.80. The van der Waals surface area contributed by atoms with Gasteiger partial charge in [-0.25, -0.2) is 0 Å². The zero-order chi connectivity index (χ0) is 10.5. The maximum Gasteiger partial charge on any atom is 0.225 e. The second-order valence-electron chi connectivity index (χ2n) is 4.52. The molecule has 0 radical (unpaired) electrons. The number of carbonyl (C=O) groups is 1. The van der Waals surface area contributed by atoms with E-state index in [1.807, 2.05) is 32.5 Å². The Morgan fingerprint density at radius 1 is 1.46 bits per heavy atom. The lowest BCUT2D eigenvalue weighted by molar-refractivity contribution is -0.128. The number of nitrogens with one attached hydrogen (secondary N) is 1. The van der Waals surface area contributed by atoms with Crippen molar-refractivity contribution in [2.45, 2.75) is 27.7 Å². The van der Waals surface area contributed by atoms with Crippen LogP contribution in [0, 0.1) is 11.3 Å². The summed E-state index contributed by atoms with van der Waals surface area (Å²) in [6.07, 6.45) is 2.09. The molecule has 0 aliphatic rings. The minimum Gasteiger partial charge on any atom is -0.355 e. The first-order valence-corrected chi connectivity index (χ1v) is 6.04. The Hall–Kier alpha value is -0.180. The van der Waals surface area contributed by atoms with Gasteiger partial charge in [0, 0.05) is 12.0 Å². The maximum atomic E-state index is 11.5. The van der Waals surface area contributed by atoms with Crippen molar-refractivity contribution >= 4 is 17.7 Å². The molecule has 0 rings (SSSR count). The fourth-order valence-electron chi connectivity index (χ4n) is 0.876. The Morgan fingerprint density at radius 2 is 2.00 bits per heavy atom. The largest absolute Gasteiger partial charge is 0.355 e. The number of carbonyl (C=O) groups excluding carboxylic acids is 1. The average molecular weight is 203 g/mol. The summed E-state index contributed by atoms with van der Waals surface area (Å²) in [4.78, 5) is 11.5. The summed E-state index contributed by atoms with van der Waals surface area (Å²) in [7, 11) is 0. The van der Waals surface area contributed by atoms with Gasteiger partial charge in [0.25, 0.3) is 0 Å². The van der Waals surface area contributed by atoms with Crippen LogP contribution in [0.5, 0.6) is 0 Å². The minimum absolute atomic E-state index is 0.139. The van der Waals surface area contributed by atoms with E-state index in [4.69, 9.17) is 0 Å². The second-order valence-corrected chi connectivity index (χ2v) is 5.43. The SMILES string of the molecule is CSCC(C)CNC(=O)C(C)(C)C. The molecule has 2 nitrogen and oxygen atoms in total. The van der Waals surface area contributed by atoms with E-state index >= 15 is 0 Å². The van der Waals surface area contributed by atoms with Gasteiger partial charge in [-0.05, 0) is 17.9 Å². The van der Waals surface area contributed by atoms with Gasteiger partial charge < -0.3 is 5.32 Å². The summed E-state index contributed by atoms with van der Waals surface area (Å²) in [6.45, 7) is 8.74. The zero-order valence-corrected chi connectivity index (χ0v) is 10.1. The molecule has 0 heterocycles. The Balaban J connectivity index is 3.71. The number of amides is 1. The van der Waals surface area contributed by atoms with Crippen molar-refractivity contribution in [3.63, 3.8) is 0 Å². The van der Waals surface area contributed by atoms with Gasteiger partial charge in [0.2, 0.25) is 5.91 Å². The van der Waals surface area contributed by atoms with Gasteiger partial charge >= 0.3 is 0 Å². The summed E-state index contributed by atoms with van der Waals surface area (Å²) >= 11 is 1.82. The predicted octanol–water partition coefficient (Wildman–Crippen LogP) is 2.15. The Bertz CT molecular complexity index is 163. The molecule has 1 N–H and O–H groups in total. The van der Waals surface area contributed by atoms with Gasteiger partial charge in [-0.3, -0.25) is 4.79 Å². The van der Waals surface area contributed by atoms with Crippen molar-refractivity contribution in [2.75, 3.05) is 18.6 Å². The Morgan fingerprint density at radius 3 is 2.38 bits per heavy atom. The van der Waals surface area contributed by atoms with Crippen molar-refractivity contribution in [1.29, 1.82) is 0 Å². The molecular formula is C10H21NOS. The summed E-state index contributed by atoms with van der Waals surface area (Å²) in [5, 5.41) is 2.95. The normalized spacial score (nSPS) is 13.9. The first-order chi connectivity index (χ1) is 5.88. The Kier molecular flexibility index (Phi) is 5.45. The van der Waals surface area contributed by atoms with E-state index in [9.17, 15) is 4.79 Å². The monoisotopic (exact) mass is 203 g/mol. The van der Waals surface area contributed by atoms with Crippen LogP contribution in [0.3, 0.4) is 0 Å². The molecule has 0 aromatic rings. The third-order valence-corrected chi connectivity index (χ3v) is 2.65. The molecule has 1 amide bonds. The van der Waals surface area contributed by atoms with E-state index in [1.165, 1.54) is 0 Å². The highest BCUT2D eigenvalue weighted by Crippen LogP contribution is 2.12. The van der Waals surface area contributed by atoms with Crippen LogP contribution in [0.25, 0.3) is 0 Å². The summed E-state index contributed by atoms with van der Waals surface area (Å²) in [6, 6.07) is 0. The van der Waals surface area contributed by atoms with Gasteiger partial charge in [0.15, 0.2) is 0 Å². The molecule has 0 bridgehead atoms. The van der Waals surface area contributed by atoms with Crippen LogP contribution in [0.2, 0.25) is 0 Å². The number of hydrogen-bond donors (Lipinski definition) is 1. The molecule has 0 fully saturated rings. The molecule has 3 heteroatoms. The highest BCUT2D eigenvalue weighted by atomic mass is 32.2. The van der Waals surface area contributed by atoms with Crippen LogP contribution in [-0.2, 0) is 4.79 Å². The van der Waals surface area contributed by atoms with Crippen molar-refractivity contribution in [1.82, 2.24) is 5.32 Å². The quantitative estimate of drug-likeness (QED) is 0.758. The van der Waals surface area contributed by atoms with Gasteiger partial charge in [0.1, 0.15) is 0 Å². The van der Waals surface area contributed by atoms with Crippen LogP contribution in [0.1, 0.15) is 27.7 Å². The summed E-state index contributed by atoms with van der Waals surface area (Å²) in [5.41, 5.74) is -0.265. The molecule has 0 saturated heterocycles. The highest BCUT2D eigenvalue weighted by molar-refractivity contribution is 7.98. The molecule has 0 aromatic carbocycles. The molecular weight excluding hydrogens is 182 g/mol. The van der Waals surface area contributed by atoms with Crippen molar-refractivity contribution in [3.05, 3.63) is 0 Å². The van der Waals surface area contributed by atoms with E-state index < -0.39 is 0 Å². The molecule has 1 atom stereocenters. The fourth-order valence-corrected chi connectivity index (χ4v) is 1.56. The topological polar surface area (TPSA) is 29.1 Å². The van der Waals surface area contributed by atoms with Crippen LogP contribution in [0.15, 0.2) is 0 Å². The third-order valence-electron chi connectivity index (χ3n) is 1.74. The van der Waals surface area contributed by atoms with E-state index in [2.05, 4.69) is 18.5 Å². The molecule has 0 aliphatic heterocycles. The molecule has 0 spiro atoms. The third kappa shape index (κ3) is 5.97. The van der Waals surface area contributed by atoms with Gasteiger partial charge in [-0.2, -0.15) is 11.8 Å². The molecule has 13 heavy (non-hydrogen) atoms. The standard InChI is InChI=1S/C10H21NOS/c1-8(7-13-5)6-11-9(12)10(2,3)4/h8H,6-7H2,1-5H3,(H,11,12).